The lowest BCUT2D eigenvalue weighted by Crippen LogP contribution is -2.28. The molecule has 92 valence electrons. The quantitative estimate of drug-likeness (QED) is 0.903. The molecule has 3 heteroatoms. The van der Waals surface area contributed by atoms with Crippen molar-refractivity contribution >= 4 is 26.8 Å². The molecule has 0 atom stereocenters. The van der Waals surface area contributed by atoms with Crippen LogP contribution in [0.2, 0.25) is 0 Å². The van der Waals surface area contributed by atoms with Gasteiger partial charge in [-0.3, -0.25) is 0 Å². The van der Waals surface area contributed by atoms with E-state index >= 15 is 0 Å². The summed E-state index contributed by atoms with van der Waals surface area (Å²) in [6, 6.07) is 6.35. The van der Waals surface area contributed by atoms with E-state index in [9.17, 15) is 0 Å². The van der Waals surface area contributed by atoms with Crippen molar-refractivity contribution < 1.29 is 0 Å². The third-order valence-corrected chi connectivity index (χ3v) is 4.28. The van der Waals surface area contributed by atoms with Gasteiger partial charge in [0, 0.05) is 34.6 Å². The Morgan fingerprint density at radius 2 is 2.00 bits per heavy atom. The van der Waals surface area contributed by atoms with Crippen molar-refractivity contribution in [2.45, 2.75) is 26.2 Å². The maximum absolute atomic E-state index is 5.92. The summed E-state index contributed by atoms with van der Waals surface area (Å²) >= 11 is 3.63. The molecule has 0 aliphatic rings. The molecular weight excluding hydrogens is 276 g/mol. The Kier molecular flexibility index (Phi) is 3.08. The summed E-state index contributed by atoms with van der Waals surface area (Å²) in [7, 11) is 2.11. The Bertz CT molecular complexity index is 567. The van der Waals surface area contributed by atoms with Gasteiger partial charge in [-0.25, -0.2) is 0 Å². The number of halogens is 1. The molecule has 1 aromatic heterocycles. The fourth-order valence-electron chi connectivity index (χ4n) is 2.54. The monoisotopic (exact) mass is 294 g/mol. The number of aryl methyl sites for hydroxylation is 1. The number of nitrogens with two attached hydrogens (primary N) is 1. The summed E-state index contributed by atoms with van der Waals surface area (Å²) in [4.78, 5) is 0. The molecule has 0 amide bonds. The molecule has 2 nitrogen and oxygen atoms in total. The van der Waals surface area contributed by atoms with Crippen molar-refractivity contribution in [3.63, 3.8) is 0 Å². The molecule has 0 spiro atoms. The van der Waals surface area contributed by atoms with Gasteiger partial charge in [0.25, 0.3) is 0 Å². The molecular formula is C14H19BrN2. The van der Waals surface area contributed by atoms with Crippen molar-refractivity contribution in [2.24, 2.45) is 12.8 Å². The second kappa shape index (κ2) is 4.14. The summed E-state index contributed by atoms with van der Waals surface area (Å²) in [5, 5.41) is 1.30. The highest BCUT2D eigenvalue weighted by molar-refractivity contribution is 9.10. The van der Waals surface area contributed by atoms with Gasteiger partial charge in [-0.15, -0.1) is 0 Å². The van der Waals surface area contributed by atoms with Gasteiger partial charge in [0.1, 0.15) is 0 Å². The zero-order valence-corrected chi connectivity index (χ0v) is 12.4. The van der Waals surface area contributed by atoms with E-state index in [4.69, 9.17) is 5.73 Å². The van der Waals surface area contributed by atoms with E-state index in [-0.39, 0.29) is 5.41 Å². The van der Waals surface area contributed by atoms with E-state index in [1.54, 1.807) is 0 Å². The Hall–Kier alpha value is -0.800. The van der Waals surface area contributed by atoms with Crippen molar-refractivity contribution in [2.75, 3.05) is 6.54 Å². The zero-order chi connectivity index (χ0) is 12.8. The van der Waals surface area contributed by atoms with E-state index in [1.807, 2.05) is 0 Å². The first-order valence-electron chi connectivity index (χ1n) is 5.84. The predicted octanol–water partition coefficient (Wildman–Crippen LogP) is 3.49. The molecule has 0 bridgehead atoms. The zero-order valence-electron chi connectivity index (χ0n) is 10.8. The highest BCUT2D eigenvalue weighted by atomic mass is 79.9. The van der Waals surface area contributed by atoms with Gasteiger partial charge in [0.05, 0.1) is 5.52 Å². The number of rotatable bonds is 2. The van der Waals surface area contributed by atoms with Crippen LogP contribution in [-0.4, -0.2) is 11.1 Å². The molecule has 2 aromatic rings. The van der Waals surface area contributed by atoms with Crippen LogP contribution in [0.3, 0.4) is 0 Å². The van der Waals surface area contributed by atoms with Crippen molar-refractivity contribution in [1.82, 2.24) is 4.57 Å². The lowest BCUT2D eigenvalue weighted by molar-refractivity contribution is 0.537. The molecule has 0 saturated carbocycles. The molecule has 1 heterocycles. The first kappa shape index (κ1) is 12.7. The van der Waals surface area contributed by atoms with E-state index < -0.39 is 0 Å². The summed E-state index contributed by atoms with van der Waals surface area (Å²) in [6.45, 7) is 7.23. The first-order chi connectivity index (χ1) is 7.90. The highest BCUT2D eigenvalue weighted by Crippen LogP contribution is 2.37. The molecule has 0 unspecified atom stereocenters. The van der Waals surface area contributed by atoms with Gasteiger partial charge >= 0.3 is 0 Å². The van der Waals surface area contributed by atoms with Crippen molar-refractivity contribution in [3.8, 4) is 0 Å². The van der Waals surface area contributed by atoms with E-state index in [1.165, 1.54) is 22.2 Å². The molecule has 0 aliphatic carbocycles. The van der Waals surface area contributed by atoms with Crippen LogP contribution >= 0.6 is 15.9 Å². The van der Waals surface area contributed by atoms with Crippen LogP contribution in [0.4, 0.5) is 0 Å². The van der Waals surface area contributed by atoms with Crippen LogP contribution in [-0.2, 0) is 12.5 Å². The number of hydrogen-bond acceptors (Lipinski definition) is 1. The van der Waals surface area contributed by atoms with Gasteiger partial charge in [-0.2, -0.15) is 0 Å². The third-order valence-electron chi connectivity index (χ3n) is 3.64. The molecule has 0 aliphatic heterocycles. The van der Waals surface area contributed by atoms with Gasteiger partial charge < -0.3 is 10.3 Å². The number of fused-ring (bicyclic) bond motifs is 1. The van der Waals surface area contributed by atoms with E-state index in [0.717, 1.165) is 4.47 Å². The molecule has 0 fully saturated rings. The maximum Gasteiger partial charge on any atom is 0.0627 e. The lowest BCUT2D eigenvalue weighted by Gasteiger charge is -2.23. The van der Waals surface area contributed by atoms with E-state index in [2.05, 4.69) is 66.5 Å². The molecule has 2 N–H and O–H groups in total. The topological polar surface area (TPSA) is 30.9 Å². The Labute approximate surface area is 111 Å². The molecule has 0 radical (unpaired) electrons. The van der Waals surface area contributed by atoms with Gasteiger partial charge in [0.2, 0.25) is 0 Å². The summed E-state index contributed by atoms with van der Waals surface area (Å²) in [6.07, 6.45) is 0. The average Bonchev–Trinajstić information content (AvgIpc) is 2.53. The van der Waals surface area contributed by atoms with Crippen LogP contribution < -0.4 is 5.73 Å². The fraction of sp³-hybridized carbons (Fsp3) is 0.429. The van der Waals surface area contributed by atoms with Crippen molar-refractivity contribution in [3.05, 3.63) is 33.9 Å². The highest BCUT2D eigenvalue weighted by Gasteiger charge is 2.26. The van der Waals surface area contributed by atoms with Crippen molar-refractivity contribution in [1.29, 1.82) is 0 Å². The average molecular weight is 295 g/mol. The van der Waals surface area contributed by atoms with Crippen LogP contribution in [0.15, 0.2) is 22.7 Å². The Morgan fingerprint density at radius 1 is 1.35 bits per heavy atom. The predicted molar refractivity (Wildman–Crippen MR) is 77.4 cm³/mol. The smallest absolute Gasteiger partial charge is 0.0627 e. The third kappa shape index (κ3) is 1.81. The minimum Gasteiger partial charge on any atom is -0.347 e. The number of nitrogens with zero attached hydrogens (tertiary/aromatic N) is 1. The molecule has 0 saturated heterocycles. The summed E-state index contributed by atoms with van der Waals surface area (Å²) in [5.41, 5.74) is 9.83. The number of aromatic nitrogens is 1. The molecule has 17 heavy (non-hydrogen) atoms. The summed E-state index contributed by atoms with van der Waals surface area (Å²) in [5.74, 6) is 0. The number of hydrogen-bond donors (Lipinski definition) is 1. The minimum absolute atomic E-state index is 0.00435. The minimum atomic E-state index is 0.00435. The van der Waals surface area contributed by atoms with E-state index in [0.29, 0.717) is 6.54 Å². The van der Waals surface area contributed by atoms with Crippen LogP contribution in [0.5, 0.6) is 0 Å². The van der Waals surface area contributed by atoms with Gasteiger partial charge in [-0.05, 0) is 34.5 Å². The maximum atomic E-state index is 5.92. The SMILES string of the molecule is Cc1c(C(C)(C)CN)c2cccc(Br)c2n1C. The van der Waals surface area contributed by atoms with Crippen LogP contribution in [0.1, 0.15) is 25.1 Å². The van der Waals surface area contributed by atoms with Gasteiger partial charge in [0.15, 0.2) is 0 Å². The second-order valence-electron chi connectivity index (χ2n) is 5.24. The normalized spacial score (nSPS) is 12.4. The molecule has 2 rings (SSSR count). The largest absolute Gasteiger partial charge is 0.347 e. The lowest BCUT2D eigenvalue weighted by atomic mass is 9.83. The Balaban J connectivity index is 2.90. The van der Waals surface area contributed by atoms with Crippen LogP contribution in [0.25, 0.3) is 10.9 Å². The van der Waals surface area contributed by atoms with Crippen LogP contribution in [0, 0.1) is 6.92 Å². The summed E-state index contributed by atoms with van der Waals surface area (Å²) < 4.78 is 3.38. The standard InChI is InChI=1S/C14H19BrN2/c1-9-12(14(2,3)8-16)10-6-5-7-11(15)13(10)17(9)4/h5-7H,8,16H2,1-4H3. The molecule has 1 aromatic carbocycles. The number of para-hydroxylation sites is 1. The second-order valence-corrected chi connectivity index (χ2v) is 6.10. The number of benzene rings is 1. The first-order valence-corrected chi connectivity index (χ1v) is 6.63. The van der Waals surface area contributed by atoms with Gasteiger partial charge in [-0.1, -0.05) is 26.0 Å². The Morgan fingerprint density at radius 3 is 2.59 bits per heavy atom. The fourth-order valence-corrected chi connectivity index (χ4v) is 3.18.